The number of hydrogen-bond acceptors (Lipinski definition) is 6. The molecule has 1 fully saturated rings. The van der Waals surface area contributed by atoms with Crippen LogP contribution < -0.4 is 16.0 Å². The highest BCUT2D eigenvalue weighted by molar-refractivity contribution is 7.16. The van der Waals surface area contributed by atoms with Crippen molar-refractivity contribution < 1.29 is 32.7 Å². The van der Waals surface area contributed by atoms with Crippen molar-refractivity contribution in [2.75, 3.05) is 6.54 Å². The lowest BCUT2D eigenvalue weighted by Gasteiger charge is -2.17. The Hall–Kier alpha value is -2.87. The number of nitrogens with zero attached hydrogens (tertiary/aromatic N) is 2. The Kier molecular flexibility index (Phi) is 10.2. The Balaban J connectivity index is 0.000000532. The van der Waals surface area contributed by atoms with Crippen molar-refractivity contribution in [3.63, 3.8) is 0 Å². The van der Waals surface area contributed by atoms with Gasteiger partial charge in [0.2, 0.25) is 11.8 Å². The third-order valence-corrected chi connectivity index (χ3v) is 7.84. The number of rotatable bonds is 7. The molecular formula is C24H26Cl2F3N5O4S. The van der Waals surface area contributed by atoms with Gasteiger partial charge in [-0.1, -0.05) is 23.2 Å². The van der Waals surface area contributed by atoms with Gasteiger partial charge in [-0.25, -0.2) is 9.78 Å². The molecule has 1 aliphatic rings. The molecule has 0 bridgehead atoms. The summed E-state index contributed by atoms with van der Waals surface area (Å²) < 4.78 is 34.3. The largest absolute Gasteiger partial charge is 0.490 e. The summed E-state index contributed by atoms with van der Waals surface area (Å²) in [5.41, 5.74) is 1.80. The summed E-state index contributed by atoms with van der Waals surface area (Å²) >= 11 is 13.5. The molecule has 4 rings (SSSR count). The number of carbonyl (C=O) groups excluding carboxylic acids is 2. The van der Waals surface area contributed by atoms with Crippen molar-refractivity contribution in [3.05, 3.63) is 50.4 Å². The monoisotopic (exact) mass is 607 g/mol. The molecule has 3 aromatic heterocycles. The zero-order chi connectivity index (χ0) is 28.9. The molecule has 3 atom stereocenters. The van der Waals surface area contributed by atoms with Crippen molar-refractivity contribution >= 4 is 63.4 Å². The molecule has 0 saturated carbocycles. The molecule has 212 valence electrons. The number of nitrogens with one attached hydrogen (secondary N) is 3. The average Bonchev–Trinajstić information content (AvgIpc) is 3.56. The zero-order valence-corrected chi connectivity index (χ0v) is 23.1. The van der Waals surface area contributed by atoms with Crippen molar-refractivity contribution in [2.24, 2.45) is 13.0 Å². The van der Waals surface area contributed by atoms with Crippen molar-refractivity contribution in [2.45, 2.75) is 44.6 Å². The van der Waals surface area contributed by atoms with E-state index in [2.05, 4.69) is 20.9 Å². The van der Waals surface area contributed by atoms with Gasteiger partial charge in [-0.2, -0.15) is 13.2 Å². The molecule has 2 amide bonds. The van der Waals surface area contributed by atoms with Gasteiger partial charge in [0.25, 0.3) is 0 Å². The highest BCUT2D eigenvalue weighted by Gasteiger charge is 2.38. The first kappa shape index (κ1) is 30.7. The van der Waals surface area contributed by atoms with E-state index >= 15 is 0 Å². The SMILES string of the molecule is C[C@H](NC(=O)[C@H]1C[C@H](Cc2cc(Cl)c(Cl)s2)CN1)C(=O)NCc1cnc2c(ccn2C)c1.O=C(O)C(F)(F)F. The van der Waals surface area contributed by atoms with E-state index in [1.54, 1.807) is 13.1 Å². The summed E-state index contributed by atoms with van der Waals surface area (Å²) in [6, 6.07) is 4.93. The molecule has 1 saturated heterocycles. The summed E-state index contributed by atoms with van der Waals surface area (Å²) in [5.74, 6) is -2.83. The van der Waals surface area contributed by atoms with Gasteiger partial charge in [-0.05, 0) is 56.0 Å². The Morgan fingerprint density at radius 2 is 2.00 bits per heavy atom. The van der Waals surface area contributed by atoms with Crippen LogP contribution in [0.15, 0.2) is 30.6 Å². The smallest absolute Gasteiger partial charge is 0.475 e. The van der Waals surface area contributed by atoms with Gasteiger partial charge in [0.15, 0.2) is 0 Å². The fourth-order valence-electron chi connectivity index (χ4n) is 3.96. The molecule has 0 radical (unpaired) electrons. The second-order valence-electron chi connectivity index (χ2n) is 9.04. The van der Waals surface area contributed by atoms with Crippen LogP contribution >= 0.6 is 34.5 Å². The van der Waals surface area contributed by atoms with E-state index in [1.807, 2.05) is 36.0 Å². The molecule has 4 N–H and O–H groups in total. The van der Waals surface area contributed by atoms with Gasteiger partial charge in [0, 0.05) is 36.2 Å². The molecule has 0 aromatic carbocycles. The van der Waals surface area contributed by atoms with E-state index in [-0.39, 0.29) is 17.9 Å². The van der Waals surface area contributed by atoms with Gasteiger partial charge in [0.05, 0.1) is 11.1 Å². The van der Waals surface area contributed by atoms with Crippen molar-refractivity contribution in [3.8, 4) is 0 Å². The van der Waals surface area contributed by atoms with E-state index in [4.69, 9.17) is 33.1 Å². The number of aryl methyl sites for hydroxylation is 1. The molecule has 0 spiro atoms. The summed E-state index contributed by atoms with van der Waals surface area (Å²) in [6.45, 7) is 2.78. The highest BCUT2D eigenvalue weighted by atomic mass is 35.5. The number of amides is 2. The van der Waals surface area contributed by atoms with Crippen LogP contribution in [-0.2, 0) is 34.4 Å². The number of pyridine rings is 1. The van der Waals surface area contributed by atoms with Crippen LogP contribution in [0.3, 0.4) is 0 Å². The molecule has 0 unspecified atom stereocenters. The fraction of sp³-hybridized carbons (Fsp3) is 0.417. The minimum absolute atomic E-state index is 0.162. The highest BCUT2D eigenvalue weighted by Crippen LogP contribution is 2.34. The van der Waals surface area contributed by atoms with Crippen LogP contribution in [-0.4, -0.2) is 57.2 Å². The third kappa shape index (κ3) is 8.56. The van der Waals surface area contributed by atoms with Gasteiger partial charge in [-0.3, -0.25) is 9.59 Å². The standard InChI is InChI=1S/C22H25Cl2N5O2S.C2HF3O2/c1-12(21(30)27-11-14-5-15-3-4-29(2)20(15)26-10-14)28-22(31)18-7-13(9-25-18)6-16-8-17(23)19(24)32-16;3-2(4,5)1(6)7/h3-5,8,10,12-13,18,25H,6-7,9,11H2,1-2H3,(H,27,30)(H,28,31);(H,6,7)/t12-,13-,18+;/m0./s1. The first-order valence-corrected chi connectivity index (χ1v) is 13.3. The number of carboxylic acids is 1. The van der Waals surface area contributed by atoms with Crippen LogP contribution in [0.1, 0.15) is 23.8 Å². The van der Waals surface area contributed by atoms with Gasteiger partial charge in [0.1, 0.15) is 16.0 Å². The number of carboxylic acid groups (broad SMARTS) is 1. The fourth-order valence-corrected chi connectivity index (χ4v) is 5.51. The first-order valence-electron chi connectivity index (χ1n) is 11.7. The van der Waals surface area contributed by atoms with E-state index < -0.39 is 18.2 Å². The number of aliphatic carboxylic acids is 1. The summed E-state index contributed by atoms with van der Waals surface area (Å²) in [6.07, 6.45) is 0.145. The van der Waals surface area contributed by atoms with E-state index in [0.29, 0.717) is 28.2 Å². The summed E-state index contributed by atoms with van der Waals surface area (Å²) in [4.78, 5) is 39.6. The molecule has 3 aromatic rings. The molecule has 9 nitrogen and oxygen atoms in total. The van der Waals surface area contributed by atoms with Crippen molar-refractivity contribution in [1.82, 2.24) is 25.5 Å². The second kappa shape index (κ2) is 13.0. The minimum atomic E-state index is -5.08. The van der Waals surface area contributed by atoms with Crippen LogP contribution in [0.5, 0.6) is 0 Å². The Morgan fingerprint density at radius 3 is 2.62 bits per heavy atom. The lowest BCUT2D eigenvalue weighted by Crippen LogP contribution is -2.49. The van der Waals surface area contributed by atoms with Gasteiger partial charge < -0.3 is 25.6 Å². The normalized spacial score (nSPS) is 17.8. The minimum Gasteiger partial charge on any atom is -0.475 e. The average molecular weight is 608 g/mol. The predicted octanol–water partition coefficient (Wildman–Crippen LogP) is 3.92. The summed E-state index contributed by atoms with van der Waals surface area (Å²) in [7, 11) is 1.94. The lowest BCUT2D eigenvalue weighted by atomic mass is 10.0. The molecule has 15 heteroatoms. The maximum Gasteiger partial charge on any atom is 0.490 e. The lowest BCUT2D eigenvalue weighted by molar-refractivity contribution is -0.192. The zero-order valence-electron chi connectivity index (χ0n) is 20.8. The van der Waals surface area contributed by atoms with Gasteiger partial charge in [-0.15, -0.1) is 11.3 Å². The Morgan fingerprint density at radius 1 is 1.31 bits per heavy atom. The van der Waals surface area contributed by atoms with Crippen LogP contribution in [0, 0.1) is 5.92 Å². The number of carbonyl (C=O) groups is 3. The molecular weight excluding hydrogens is 582 g/mol. The first-order chi connectivity index (χ1) is 18.2. The third-order valence-electron chi connectivity index (χ3n) is 5.95. The van der Waals surface area contributed by atoms with Crippen LogP contribution in [0.4, 0.5) is 13.2 Å². The molecule has 4 heterocycles. The summed E-state index contributed by atoms with van der Waals surface area (Å²) in [5, 5.41) is 17.7. The number of aromatic nitrogens is 2. The number of alkyl halides is 3. The Labute approximate surface area is 235 Å². The molecule has 1 aliphatic heterocycles. The molecule has 0 aliphatic carbocycles. The van der Waals surface area contributed by atoms with Crippen LogP contribution in [0.2, 0.25) is 9.36 Å². The predicted molar refractivity (Wildman–Crippen MR) is 142 cm³/mol. The van der Waals surface area contributed by atoms with E-state index in [0.717, 1.165) is 34.4 Å². The topological polar surface area (TPSA) is 125 Å². The number of halogens is 5. The van der Waals surface area contributed by atoms with Crippen molar-refractivity contribution in [1.29, 1.82) is 0 Å². The number of thiophene rings is 1. The van der Waals surface area contributed by atoms with Crippen LogP contribution in [0.25, 0.3) is 11.0 Å². The maximum absolute atomic E-state index is 12.6. The van der Waals surface area contributed by atoms with E-state index in [9.17, 15) is 22.8 Å². The van der Waals surface area contributed by atoms with Gasteiger partial charge >= 0.3 is 12.1 Å². The Bertz CT molecular complexity index is 1330. The number of fused-ring (bicyclic) bond motifs is 1. The number of hydrogen-bond donors (Lipinski definition) is 4. The maximum atomic E-state index is 12.6. The second-order valence-corrected chi connectivity index (χ2v) is 11.2. The van der Waals surface area contributed by atoms with E-state index in [1.165, 1.54) is 11.3 Å². The quantitative estimate of drug-likeness (QED) is 0.323. The molecule has 39 heavy (non-hydrogen) atoms.